The minimum Gasteiger partial charge on any atom is -0.444 e. The van der Waals surface area contributed by atoms with Crippen LogP contribution in [0.25, 0.3) is 0 Å². The fourth-order valence-corrected chi connectivity index (χ4v) is 3.35. The first-order valence-electron chi connectivity index (χ1n) is 9.41. The molecule has 3 rings (SSSR count). The van der Waals surface area contributed by atoms with E-state index < -0.39 is 5.60 Å². The number of hydrogen-bond donors (Lipinski definition) is 1. The van der Waals surface area contributed by atoms with Gasteiger partial charge in [0.2, 0.25) is 0 Å². The summed E-state index contributed by atoms with van der Waals surface area (Å²) >= 11 is 0. The van der Waals surface area contributed by atoms with Gasteiger partial charge < -0.3 is 14.5 Å². The van der Waals surface area contributed by atoms with Crippen LogP contribution in [-0.2, 0) is 24.8 Å². The van der Waals surface area contributed by atoms with E-state index in [9.17, 15) is 9.59 Å². The molecule has 0 radical (unpaired) electrons. The van der Waals surface area contributed by atoms with Gasteiger partial charge in [0.25, 0.3) is 5.91 Å². The number of fused-ring (bicyclic) bond motifs is 1. The number of likely N-dealkylation sites (N-methyl/N-ethyl adjacent to an activating group) is 1. The van der Waals surface area contributed by atoms with Gasteiger partial charge in [-0.05, 0) is 34.2 Å². The molecule has 3 heterocycles. The lowest BCUT2D eigenvalue weighted by Gasteiger charge is -2.32. The average molecular weight is 378 g/mol. The zero-order valence-electron chi connectivity index (χ0n) is 16.9. The van der Waals surface area contributed by atoms with Gasteiger partial charge in [0.15, 0.2) is 5.69 Å². The topological polar surface area (TPSA) is 82.9 Å². The number of nitrogens with one attached hydrogen (secondary N) is 1. The van der Waals surface area contributed by atoms with Gasteiger partial charge >= 0.3 is 6.09 Å². The predicted molar refractivity (Wildman–Crippen MR) is 100 cm³/mol. The molecule has 150 valence electrons. The van der Waals surface area contributed by atoms with Gasteiger partial charge in [-0.3, -0.25) is 14.9 Å². The number of hydrazine groups is 1. The predicted octanol–water partition coefficient (Wildman–Crippen LogP) is 0.606. The van der Waals surface area contributed by atoms with E-state index in [0.29, 0.717) is 25.2 Å². The molecular formula is C18H30N6O3. The second-order valence-corrected chi connectivity index (χ2v) is 8.28. The smallest absolute Gasteiger partial charge is 0.410 e. The summed E-state index contributed by atoms with van der Waals surface area (Å²) in [5.74, 6) is -0.179. The maximum absolute atomic E-state index is 12.7. The highest BCUT2D eigenvalue weighted by atomic mass is 16.6. The Morgan fingerprint density at radius 3 is 2.37 bits per heavy atom. The van der Waals surface area contributed by atoms with Crippen LogP contribution in [0, 0.1) is 0 Å². The van der Waals surface area contributed by atoms with Crippen LogP contribution in [0.2, 0.25) is 0 Å². The maximum Gasteiger partial charge on any atom is 0.410 e. The number of aryl methyl sites for hydroxylation is 1. The van der Waals surface area contributed by atoms with E-state index in [4.69, 9.17) is 4.74 Å². The first kappa shape index (κ1) is 19.6. The lowest BCUT2D eigenvalue weighted by atomic mass is 10.0. The second kappa shape index (κ2) is 7.47. The van der Waals surface area contributed by atoms with Crippen LogP contribution in [0.5, 0.6) is 0 Å². The van der Waals surface area contributed by atoms with Crippen LogP contribution in [0.15, 0.2) is 0 Å². The largest absolute Gasteiger partial charge is 0.444 e. The highest BCUT2D eigenvalue weighted by Crippen LogP contribution is 2.23. The SMILES string of the molecule is CN1CCN(NC(=O)c2nn(C)c3c2CCN(C(=O)OC(C)(C)C)C3)CC1. The molecule has 2 aliphatic heterocycles. The fourth-order valence-electron chi connectivity index (χ4n) is 3.35. The monoisotopic (exact) mass is 378 g/mol. The number of carbonyl (C=O) groups is 2. The molecule has 0 aromatic carbocycles. The van der Waals surface area contributed by atoms with Crippen molar-refractivity contribution in [1.29, 1.82) is 0 Å². The number of aromatic nitrogens is 2. The number of carbonyl (C=O) groups excluding carboxylic acids is 2. The van der Waals surface area contributed by atoms with Gasteiger partial charge in [0, 0.05) is 45.3 Å². The third-order valence-corrected chi connectivity index (χ3v) is 4.88. The van der Waals surface area contributed by atoms with Crippen molar-refractivity contribution in [3.63, 3.8) is 0 Å². The molecule has 0 aliphatic carbocycles. The summed E-state index contributed by atoms with van der Waals surface area (Å²) in [6, 6.07) is 0. The van der Waals surface area contributed by atoms with Crippen molar-refractivity contribution in [2.24, 2.45) is 7.05 Å². The Bertz CT molecular complexity index is 715. The highest BCUT2D eigenvalue weighted by molar-refractivity contribution is 5.93. The summed E-state index contributed by atoms with van der Waals surface area (Å²) in [5, 5.41) is 6.37. The molecule has 0 atom stereocenters. The maximum atomic E-state index is 12.7. The zero-order valence-corrected chi connectivity index (χ0v) is 16.9. The summed E-state index contributed by atoms with van der Waals surface area (Å²) in [6.45, 7) is 9.91. The molecule has 0 saturated carbocycles. The summed E-state index contributed by atoms with van der Waals surface area (Å²) in [7, 11) is 3.88. The molecule has 1 aromatic heterocycles. The van der Waals surface area contributed by atoms with Crippen LogP contribution in [-0.4, -0.2) is 82.0 Å². The summed E-state index contributed by atoms with van der Waals surface area (Å²) < 4.78 is 7.16. The fraction of sp³-hybridized carbons (Fsp3) is 0.722. The van der Waals surface area contributed by atoms with Gasteiger partial charge in [-0.2, -0.15) is 5.10 Å². The van der Waals surface area contributed by atoms with Crippen LogP contribution in [0.3, 0.4) is 0 Å². The van der Waals surface area contributed by atoms with E-state index in [1.807, 2.05) is 32.8 Å². The van der Waals surface area contributed by atoms with Gasteiger partial charge in [-0.15, -0.1) is 0 Å². The van der Waals surface area contributed by atoms with E-state index >= 15 is 0 Å². The highest BCUT2D eigenvalue weighted by Gasteiger charge is 2.31. The van der Waals surface area contributed by atoms with E-state index in [2.05, 4.69) is 22.5 Å². The van der Waals surface area contributed by atoms with E-state index in [0.717, 1.165) is 37.4 Å². The van der Waals surface area contributed by atoms with E-state index in [1.54, 1.807) is 9.58 Å². The number of amides is 2. The number of rotatable bonds is 2. The molecule has 27 heavy (non-hydrogen) atoms. The standard InChI is InChI=1S/C18H30N6O3/c1-18(2,3)27-17(26)23-7-6-13-14(12-23)22(5)19-15(13)16(25)20-24-10-8-21(4)9-11-24/h6-12H2,1-5H3,(H,20,25). The molecule has 0 spiro atoms. The van der Waals surface area contributed by atoms with Crippen LogP contribution in [0.1, 0.15) is 42.5 Å². The van der Waals surface area contributed by atoms with Crippen molar-refractivity contribution in [3.05, 3.63) is 17.0 Å². The van der Waals surface area contributed by atoms with Crippen LogP contribution in [0.4, 0.5) is 4.79 Å². The Morgan fingerprint density at radius 2 is 1.74 bits per heavy atom. The summed E-state index contributed by atoms with van der Waals surface area (Å²) in [5.41, 5.74) is 4.70. The second-order valence-electron chi connectivity index (χ2n) is 8.28. The van der Waals surface area contributed by atoms with Gasteiger partial charge in [0.1, 0.15) is 5.60 Å². The van der Waals surface area contributed by atoms with E-state index in [-0.39, 0.29) is 12.0 Å². The zero-order chi connectivity index (χ0) is 19.8. The Balaban J connectivity index is 1.68. The molecule has 1 aromatic rings. The number of nitrogens with zero attached hydrogens (tertiary/aromatic N) is 5. The van der Waals surface area contributed by atoms with Gasteiger partial charge in [-0.25, -0.2) is 9.80 Å². The Morgan fingerprint density at radius 1 is 1.07 bits per heavy atom. The Labute approximate surface area is 160 Å². The van der Waals surface area contributed by atoms with Crippen molar-refractivity contribution in [1.82, 2.24) is 30.0 Å². The van der Waals surface area contributed by atoms with Crippen molar-refractivity contribution in [2.45, 2.75) is 39.3 Å². The minimum atomic E-state index is -0.530. The van der Waals surface area contributed by atoms with Crippen molar-refractivity contribution >= 4 is 12.0 Å². The molecule has 1 saturated heterocycles. The van der Waals surface area contributed by atoms with Crippen LogP contribution < -0.4 is 5.43 Å². The first-order chi connectivity index (χ1) is 12.6. The normalized spacial score (nSPS) is 18.9. The lowest BCUT2D eigenvalue weighted by Crippen LogP contribution is -2.52. The molecule has 9 heteroatoms. The molecule has 1 N–H and O–H groups in total. The van der Waals surface area contributed by atoms with Gasteiger partial charge in [-0.1, -0.05) is 0 Å². The molecular weight excluding hydrogens is 348 g/mol. The summed E-state index contributed by atoms with van der Waals surface area (Å²) in [6.07, 6.45) is 0.256. The Hall–Kier alpha value is -2.13. The van der Waals surface area contributed by atoms with Crippen molar-refractivity contribution in [2.75, 3.05) is 39.8 Å². The van der Waals surface area contributed by atoms with E-state index in [1.165, 1.54) is 0 Å². The molecule has 0 bridgehead atoms. The first-order valence-corrected chi connectivity index (χ1v) is 9.41. The molecule has 2 amide bonds. The molecule has 0 unspecified atom stereocenters. The van der Waals surface area contributed by atoms with Crippen LogP contribution >= 0.6 is 0 Å². The summed E-state index contributed by atoms with van der Waals surface area (Å²) in [4.78, 5) is 29.0. The quantitative estimate of drug-likeness (QED) is 0.812. The minimum absolute atomic E-state index is 0.179. The number of ether oxygens (including phenoxy) is 1. The third kappa shape index (κ3) is 4.59. The average Bonchev–Trinajstić information content (AvgIpc) is 2.92. The van der Waals surface area contributed by atoms with Gasteiger partial charge in [0.05, 0.1) is 12.2 Å². The van der Waals surface area contributed by atoms with Crippen molar-refractivity contribution < 1.29 is 14.3 Å². The van der Waals surface area contributed by atoms with Crippen molar-refractivity contribution in [3.8, 4) is 0 Å². The number of hydrogen-bond acceptors (Lipinski definition) is 6. The third-order valence-electron chi connectivity index (χ3n) is 4.88. The molecule has 2 aliphatic rings. The molecule has 9 nitrogen and oxygen atoms in total. The lowest BCUT2D eigenvalue weighted by molar-refractivity contribution is 0.0219. The molecule has 1 fully saturated rings. The Kier molecular flexibility index (Phi) is 5.43. The number of piperazine rings is 1.